The van der Waals surface area contributed by atoms with Crippen LogP contribution in [0.4, 0.5) is 11.8 Å². The van der Waals surface area contributed by atoms with Crippen molar-refractivity contribution in [1.82, 2.24) is 19.9 Å². The van der Waals surface area contributed by atoms with Crippen molar-refractivity contribution in [3.05, 3.63) is 41.9 Å². The lowest BCUT2D eigenvalue weighted by molar-refractivity contribution is 0.0740. The highest BCUT2D eigenvalue weighted by atomic mass is 16.2. The molecule has 3 heterocycles. The Kier molecular flexibility index (Phi) is 4.36. The first-order valence-electron chi connectivity index (χ1n) is 7.66. The first-order chi connectivity index (χ1) is 11.2. The quantitative estimate of drug-likeness (QED) is 0.917. The largest absolute Gasteiger partial charge is 0.357 e. The predicted octanol–water partition coefficient (Wildman–Crippen LogP) is 1.18. The van der Waals surface area contributed by atoms with Crippen molar-refractivity contribution in [1.29, 1.82) is 0 Å². The summed E-state index contributed by atoms with van der Waals surface area (Å²) in [5.41, 5.74) is 1.22. The zero-order chi connectivity index (χ0) is 16.2. The van der Waals surface area contributed by atoms with Crippen LogP contribution >= 0.6 is 0 Å². The van der Waals surface area contributed by atoms with Gasteiger partial charge in [-0.25, -0.2) is 15.0 Å². The van der Waals surface area contributed by atoms with Crippen LogP contribution in [0.2, 0.25) is 0 Å². The monoisotopic (exact) mass is 312 g/mol. The number of piperazine rings is 1. The number of pyridine rings is 1. The van der Waals surface area contributed by atoms with Crippen LogP contribution in [0, 0.1) is 6.92 Å². The minimum Gasteiger partial charge on any atom is -0.357 e. The number of hydrogen-bond acceptors (Lipinski definition) is 6. The highest BCUT2D eigenvalue weighted by molar-refractivity contribution is 5.92. The van der Waals surface area contributed by atoms with E-state index in [1.165, 1.54) is 0 Å². The summed E-state index contributed by atoms with van der Waals surface area (Å²) in [6, 6.07) is 7.60. The molecule has 1 amide bonds. The summed E-state index contributed by atoms with van der Waals surface area (Å²) in [5, 5.41) is 2.89. The van der Waals surface area contributed by atoms with E-state index < -0.39 is 0 Å². The van der Waals surface area contributed by atoms with Crippen molar-refractivity contribution < 1.29 is 4.79 Å². The second-order valence-electron chi connectivity index (χ2n) is 5.44. The first-order valence-corrected chi connectivity index (χ1v) is 7.66. The number of anilines is 2. The van der Waals surface area contributed by atoms with E-state index >= 15 is 0 Å². The molecule has 3 rings (SSSR count). The lowest BCUT2D eigenvalue weighted by atomic mass is 10.2. The van der Waals surface area contributed by atoms with Crippen LogP contribution in [-0.4, -0.2) is 59.0 Å². The fraction of sp³-hybridized carbons (Fsp3) is 0.375. The Balaban J connectivity index is 1.68. The van der Waals surface area contributed by atoms with Crippen LogP contribution in [0.15, 0.2) is 30.5 Å². The molecular weight excluding hydrogens is 292 g/mol. The van der Waals surface area contributed by atoms with E-state index in [2.05, 4.69) is 25.2 Å². The molecule has 0 atom stereocenters. The van der Waals surface area contributed by atoms with Gasteiger partial charge in [0.05, 0.1) is 0 Å². The molecule has 120 valence electrons. The number of nitrogens with one attached hydrogen (secondary N) is 1. The van der Waals surface area contributed by atoms with Crippen LogP contribution in [0.5, 0.6) is 0 Å². The van der Waals surface area contributed by atoms with Gasteiger partial charge in [0.1, 0.15) is 11.5 Å². The standard InChI is InChI=1S/C16H20N6O/c1-12-11-13(20-16(17-2)19-12)15(23)22-9-7-21(8-10-22)14-5-3-4-6-18-14/h3-6,11H,7-10H2,1-2H3,(H,17,19,20). The first kappa shape index (κ1) is 15.2. The highest BCUT2D eigenvalue weighted by Crippen LogP contribution is 2.14. The second-order valence-corrected chi connectivity index (χ2v) is 5.44. The molecule has 0 aliphatic carbocycles. The van der Waals surface area contributed by atoms with Crippen molar-refractivity contribution in [2.24, 2.45) is 0 Å². The topological polar surface area (TPSA) is 74.2 Å². The minimum absolute atomic E-state index is 0.0485. The van der Waals surface area contributed by atoms with Gasteiger partial charge in [0, 0.05) is 45.1 Å². The summed E-state index contributed by atoms with van der Waals surface area (Å²) in [5.74, 6) is 1.38. The van der Waals surface area contributed by atoms with Gasteiger partial charge in [-0.05, 0) is 25.1 Å². The molecule has 0 radical (unpaired) electrons. The van der Waals surface area contributed by atoms with Gasteiger partial charge in [-0.15, -0.1) is 0 Å². The minimum atomic E-state index is -0.0485. The van der Waals surface area contributed by atoms with Crippen LogP contribution in [0.3, 0.4) is 0 Å². The van der Waals surface area contributed by atoms with Gasteiger partial charge >= 0.3 is 0 Å². The van der Waals surface area contributed by atoms with E-state index in [0.717, 1.165) is 24.6 Å². The van der Waals surface area contributed by atoms with Gasteiger partial charge < -0.3 is 15.1 Å². The van der Waals surface area contributed by atoms with E-state index in [0.29, 0.717) is 24.7 Å². The Labute approximate surface area is 135 Å². The predicted molar refractivity (Wildman–Crippen MR) is 88.7 cm³/mol. The van der Waals surface area contributed by atoms with E-state index in [9.17, 15) is 4.79 Å². The number of hydrogen-bond donors (Lipinski definition) is 1. The molecule has 2 aromatic rings. The zero-order valence-electron chi connectivity index (χ0n) is 13.4. The third-order valence-electron chi connectivity index (χ3n) is 3.84. The maximum Gasteiger partial charge on any atom is 0.272 e. The van der Waals surface area contributed by atoms with Crippen molar-refractivity contribution in [3.63, 3.8) is 0 Å². The number of amides is 1. The summed E-state index contributed by atoms with van der Waals surface area (Å²) < 4.78 is 0. The fourth-order valence-electron chi connectivity index (χ4n) is 2.63. The molecule has 2 aromatic heterocycles. The van der Waals surface area contributed by atoms with Gasteiger partial charge in [0.25, 0.3) is 5.91 Å². The maximum absolute atomic E-state index is 12.6. The third kappa shape index (κ3) is 3.39. The van der Waals surface area contributed by atoms with Gasteiger partial charge in [0.15, 0.2) is 0 Å². The average molecular weight is 312 g/mol. The molecule has 7 nitrogen and oxygen atoms in total. The number of rotatable bonds is 3. The van der Waals surface area contributed by atoms with Crippen molar-refractivity contribution in [3.8, 4) is 0 Å². The lowest BCUT2D eigenvalue weighted by Gasteiger charge is -2.35. The lowest BCUT2D eigenvalue weighted by Crippen LogP contribution is -2.49. The number of aromatic nitrogens is 3. The van der Waals surface area contributed by atoms with Crippen LogP contribution in [0.25, 0.3) is 0 Å². The molecule has 1 saturated heterocycles. The van der Waals surface area contributed by atoms with Gasteiger partial charge in [-0.1, -0.05) is 6.07 Å². The van der Waals surface area contributed by atoms with E-state index in [1.54, 1.807) is 19.3 Å². The molecule has 0 unspecified atom stereocenters. The number of carbonyl (C=O) groups excluding carboxylic acids is 1. The smallest absolute Gasteiger partial charge is 0.272 e. The molecule has 0 aromatic carbocycles. The van der Waals surface area contributed by atoms with Gasteiger partial charge in [-0.3, -0.25) is 4.79 Å². The summed E-state index contributed by atoms with van der Waals surface area (Å²) in [6.07, 6.45) is 1.79. The molecule has 1 fully saturated rings. The fourth-order valence-corrected chi connectivity index (χ4v) is 2.63. The Morgan fingerprint density at radius 2 is 1.96 bits per heavy atom. The zero-order valence-corrected chi connectivity index (χ0v) is 13.4. The molecular formula is C16H20N6O. The summed E-state index contributed by atoms with van der Waals surface area (Å²) in [6.45, 7) is 4.72. The summed E-state index contributed by atoms with van der Waals surface area (Å²) in [7, 11) is 1.74. The van der Waals surface area contributed by atoms with E-state index in [-0.39, 0.29) is 5.91 Å². The number of carbonyl (C=O) groups is 1. The molecule has 7 heteroatoms. The summed E-state index contributed by atoms with van der Waals surface area (Å²) >= 11 is 0. The van der Waals surface area contributed by atoms with Crippen molar-refractivity contribution >= 4 is 17.7 Å². The molecule has 0 bridgehead atoms. The number of nitrogens with zero attached hydrogens (tertiary/aromatic N) is 5. The third-order valence-corrected chi connectivity index (χ3v) is 3.84. The highest BCUT2D eigenvalue weighted by Gasteiger charge is 2.24. The number of aryl methyl sites for hydroxylation is 1. The molecule has 1 aliphatic heterocycles. The Hall–Kier alpha value is -2.70. The summed E-state index contributed by atoms with van der Waals surface area (Å²) in [4.78, 5) is 29.5. The van der Waals surface area contributed by atoms with Gasteiger partial charge in [-0.2, -0.15) is 0 Å². The normalized spacial score (nSPS) is 14.7. The molecule has 1 aliphatic rings. The Morgan fingerprint density at radius 3 is 2.61 bits per heavy atom. The molecule has 1 N–H and O–H groups in total. The van der Waals surface area contributed by atoms with Crippen LogP contribution < -0.4 is 10.2 Å². The van der Waals surface area contributed by atoms with Crippen molar-refractivity contribution in [2.45, 2.75) is 6.92 Å². The van der Waals surface area contributed by atoms with Crippen molar-refractivity contribution in [2.75, 3.05) is 43.4 Å². The van der Waals surface area contributed by atoms with Crippen LogP contribution in [0.1, 0.15) is 16.2 Å². The van der Waals surface area contributed by atoms with Gasteiger partial charge in [0.2, 0.25) is 5.95 Å². The molecule has 0 saturated carbocycles. The average Bonchev–Trinajstić information content (AvgIpc) is 2.61. The van der Waals surface area contributed by atoms with E-state index in [1.807, 2.05) is 30.0 Å². The van der Waals surface area contributed by atoms with E-state index in [4.69, 9.17) is 0 Å². The Bertz CT molecular complexity index is 682. The Morgan fingerprint density at radius 1 is 1.17 bits per heavy atom. The second kappa shape index (κ2) is 6.60. The SMILES string of the molecule is CNc1nc(C)cc(C(=O)N2CCN(c3ccccn3)CC2)n1. The molecule has 23 heavy (non-hydrogen) atoms. The van der Waals surface area contributed by atoms with Crippen LogP contribution in [-0.2, 0) is 0 Å². The maximum atomic E-state index is 12.6. The molecule has 0 spiro atoms.